The number of carboxylic acids is 1. The molecule has 3 atom stereocenters. The summed E-state index contributed by atoms with van der Waals surface area (Å²) in [5.41, 5.74) is 0. The number of aliphatic carboxylic acids is 1. The van der Waals surface area contributed by atoms with Gasteiger partial charge in [-0.3, -0.25) is 9.00 Å². The molecule has 0 aliphatic rings. The highest BCUT2D eigenvalue weighted by Crippen LogP contribution is 2.03. The van der Waals surface area contributed by atoms with Gasteiger partial charge in [0, 0.05) is 23.0 Å². The Balaban J connectivity index is 4.35. The van der Waals surface area contributed by atoms with Crippen LogP contribution in [0.4, 0.5) is 0 Å². The van der Waals surface area contributed by atoms with E-state index in [0.29, 0.717) is 0 Å². The molecule has 6 heteroatoms. The van der Waals surface area contributed by atoms with Gasteiger partial charge in [-0.15, -0.1) is 0 Å². The molecule has 0 fully saturated rings. The molecule has 2 unspecified atom stereocenters. The predicted octanol–water partition coefficient (Wildman–Crippen LogP) is 0.123. The van der Waals surface area contributed by atoms with E-state index >= 15 is 0 Å². The SMILES string of the molecule is CCC(C)S(=O)C[C@H](NC(C)=O)C(=O)O. The molecule has 0 bridgehead atoms. The maximum Gasteiger partial charge on any atom is 0.327 e. The molecular formula is C9H17NO4S. The van der Waals surface area contributed by atoms with Crippen molar-refractivity contribution in [3.63, 3.8) is 0 Å². The normalized spacial score (nSPS) is 16.5. The third-order valence-corrected chi connectivity index (χ3v) is 3.92. The standard InChI is InChI=1S/C9H17NO4S/c1-4-6(2)15(14)5-8(9(12)13)10-7(3)11/h6,8H,4-5H2,1-3H3,(H,10,11)(H,12,13)/t6?,8-,15?/m0/s1. The Morgan fingerprint density at radius 1 is 1.47 bits per heavy atom. The molecule has 0 spiro atoms. The number of nitrogens with one attached hydrogen (secondary N) is 1. The summed E-state index contributed by atoms with van der Waals surface area (Å²) in [4.78, 5) is 21.4. The van der Waals surface area contributed by atoms with Crippen molar-refractivity contribution in [3.8, 4) is 0 Å². The lowest BCUT2D eigenvalue weighted by Crippen LogP contribution is -2.44. The van der Waals surface area contributed by atoms with E-state index in [-0.39, 0.29) is 11.0 Å². The van der Waals surface area contributed by atoms with Crippen LogP contribution in [0, 0.1) is 0 Å². The van der Waals surface area contributed by atoms with Crippen molar-refractivity contribution >= 4 is 22.7 Å². The quantitative estimate of drug-likeness (QED) is 0.685. The zero-order valence-corrected chi connectivity index (χ0v) is 9.97. The molecule has 0 aliphatic carbocycles. The topological polar surface area (TPSA) is 83.5 Å². The Labute approximate surface area is 91.7 Å². The second kappa shape index (κ2) is 6.55. The molecule has 88 valence electrons. The van der Waals surface area contributed by atoms with Gasteiger partial charge in [0.1, 0.15) is 6.04 Å². The molecule has 0 heterocycles. The molecule has 1 amide bonds. The summed E-state index contributed by atoms with van der Waals surface area (Å²) in [5, 5.41) is 11.0. The molecule has 0 rings (SSSR count). The fraction of sp³-hybridized carbons (Fsp3) is 0.778. The molecule has 0 aliphatic heterocycles. The van der Waals surface area contributed by atoms with Crippen LogP contribution in [0.25, 0.3) is 0 Å². The second-order valence-electron chi connectivity index (χ2n) is 3.36. The highest BCUT2D eigenvalue weighted by atomic mass is 32.2. The van der Waals surface area contributed by atoms with Crippen molar-refractivity contribution < 1.29 is 18.9 Å². The summed E-state index contributed by atoms with van der Waals surface area (Å²) in [6.07, 6.45) is 0.721. The van der Waals surface area contributed by atoms with Gasteiger partial charge in [0.25, 0.3) is 0 Å². The molecule has 0 radical (unpaired) electrons. The van der Waals surface area contributed by atoms with E-state index in [1.54, 1.807) is 6.92 Å². The predicted molar refractivity (Wildman–Crippen MR) is 58.0 cm³/mol. The van der Waals surface area contributed by atoms with E-state index in [1.807, 2.05) is 6.92 Å². The lowest BCUT2D eigenvalue weighted by Gasteiger charge is -2.15. The first-order valence-electron chi connectivity index (χ1n) is 4.75. The average molecular weight is 235 g/mol. The third-order valence-electron chi connectivity index (χ3n) is 2.03. The molecule has 5 nitrogen and oxygen atoms in total. The first-order valence-corrected chi connectivity index (χ1v) is 6.13. The van der Waals surface area contributed by atoms with Gasteiger partial charge >= 0.3 is 5.97 Å². The molecule has 0 saturated carbocycles. The Morgan fingerprint density at radius 3 is 2.33 bits per heavy atom. The van der Waals surface area contributed by atoms with Gasteiger partial charge in [-0.2, -0.15) is 0 Å². The molecular weight excluding hydrogens is 218 g/mol. The molecule has 2 N–H and O–H groups in total. The maximum atomic E-state index is 11.6. The van der Waals surface area contributed by atoms with Gasteiger partial charge in [0.15, 0.2) is 0 Å². The minimum atomic E-state index is -1.23. The van der Waals surface area contributed by atoms with Gasteiger partial charge < -0.3 is 10.4 Å². The monoisotopic (exact) mass is 235 g/mol. The fourth-order valence-corrected chi connectivity index (χ4v) is 2.19. The van der Waals surface area contributed by atoms with Crippen molar-refractivity contribution in [2.24, 2.45) is 0 Å². The highest BCUT2D eigenvalue weighted by Gasteiger charge is 2.23. The Morgan fingerprint density at radius 2 is 2.00 bits per heavy atom. The van der Waals surface area contributed by atoms with Gasteiger partial charge in [0.2, 0.25) is 5.91 Å². The lowest BCUT2D eigenvalue weighted by atomic mass is 10.3. The molecule has 0 aromatic rings. The van der Waals surface area contributed by atoms with Gasteiger partial charge in [-0.05, 0) is 6.42 Å². The summed E-state index contributed by atoms with van der Waals surface area (Å²) < 4.78 is 11.6. The van der Waals surface area contributed by atoms with Crippen molar-refractivity contribution in [1.29, 1.82) is 0 Å². The van der Waals surface area contributed by atoms with E-state index in [9.17, 15) is 13.8 Å². The highest BCUT2D eigenvalue weighted by molar-refractivity contribution is 7.85. The van der Waals surface area contributed by atoms with Crippen LogP contribution in [0.3, 0.4) is 0 Å². The first-order chi connectivity index (χ1) is 6.88. The van der Waals surface area contributed by atoms with Crippen molar-refractivity contribution in [2.45, 2.75) is 38.5 Å². The number of carbonyl (C=O) groups is 2. The van der Waals surface area contributed by atoms with Crippen LogP contribution in [0.2, 0.25) is 0 Å². The van der Waals surface area contributed by atoms with Crippen LogP contribution in [0.1, 0.15) is 27.2 Å². The third kappa shape index (κ3) is 5.51. The number of rotatable bonds is 6. The smallest absolute Gasteiger partial charge is 0.327 e. The van der Waals surface area contributed by atoms with Gasteiger partial charge in [-0.1, -0.05) is 13.8 Å². The summed E-state index contributed by atoms with van der Waals surface area (Å²) in [7, 11) is -1.23. The average Bonchev–Trinajstić information content (AvgIpc) is 2.14. The lowest BCUT2D eigenvalue weighted by molar-refractivity contribution is -0.140. The second-order valence-corrected chi connectivity index (χ2v) is 5.26. The van der Waals surface area contributed by atoms with Crippen LogP contribution in [0.5, 0.6) is 0 Å². The first kappa shape index (κ1) is 14.1. The van der Waals surface area contributed by atoms with Crippen LogP contribution >= 0.6 is 0 Å². The van der Waals surface area contributed by atoms with E-state index in [4.69, 9.17) is 5.11 Å². The number of hydrogen-bond acceptors (Lipinski definition) is 3. The molecule has 0 aromatic heterocycles. The summed E-state index contributed by atoms with van der Waals surface area (Å²) >= 11 is 0. The van der Waals surface area contributed by atoms with Crippen molar-refractivity contribution in [3.05, 3.63) is 0 Å². The summed E-state index contributed by atoms with van der Waals surface area (Å²) in [5.74, 6) is -1.62. The maximum absolute atomic E-state index is 11.6. The van der Waals surface area contributed by atoms with Gasteiger partial charge in [0.05, 0.1) is 5.75 Å². The minimum Gasteiger partial charge on any atom is -0.480 e. The summed E-state index contributed by atoms with van der Waals surface area (Å²) in [6, 6.07) is -1.06. The Kier molecular flexibility index (Phi) is 6.15. The Hall–Kier alpha value is -0.910. The minimum absolute atomic E-state index is 0.0378. The zero-order chi connectivity index (χ0) is 12.0. The van der Waals surface area contributed by atoms with Crippen LogP contribution < -0.4 is 5.32 Å². The van der Waals surface area contributed by atoms with Crippen LogP contribution in [0.15, 0.2) is 0 Å². The summed E-state index contributed by atoms with van der Waals surface area (Å²) in [6.45, 7) is 4.92. The van der Waals surface area contributed by atoms with E-state index in [2.05, 4.69) is 5.32 Å². The molecule has 0 aromatic carbocycles. The Bertz CT molecular complexity index is 267. The van der Waals surface area contributed by atoms with Crippen LogP contribution in [-0.2, 0) is 20.4 Å². The number of carboxylic acid groups (broad SMARTS) is 1. The van der Waals surface area contributed by atoms with Gasteiger partial charge in [-0.25, -0.2) is 4.79 Å². The molecule has 0 saturated heterocycles. The number of carbonyl (C=O) groups excluding carboxylic acids is 1. The van der Waals surface area contributed by atoms with Crippen LogP contribution in [-0.4, -0.2) is 38.2 Å². The van der Waals surface area contributed by atoms with Crippen molar-refractivity contribution in [1.82, 2.24) is 5.32 Å². The largest absolute Gasteiger partial charge is 0.480 e. The van der Waals surface area contributed by atoms with E-state index in [1.165, 1.54) is 6.92 Å². The van der Waals surface area contributed by atoms with Crippen molar-refractivity contribution in [2.75, 3.05) is 5.75 Å². The molecule has 15 heavy (non-hydrogen) atoms. The fourth-order valence-electron chi connectivity index (χ4n) is 0.934. The number of hydrogen-bond donors (Lipinski definition) is 2. The zero-order valence-electron chi connectivity index (χ0n) is 9.15. The van der Waals surface area contributed by atoms with E-state index in [0.717, 1.165) is 6.42 Å². The van der Waals surface area contributed by atoms with E-state index < -0.39 is 28.7 Å². The number of amides is 1.